The van der Waals surface area contributed by atoms with Gasteiger partial charge in [0.1, 0.15) is 23.9 Å². The third-order valence-corrected chi connectivity index (χ3v) is 6.31. The summed E-state index contributed by atoms with van der Waals surface area (Å²) in [6.07, 6.45) is 0. The van der Waals surface area contributed by atoms with Gasteiger partial charge in [0.2, 0.25) is 5.91 Å². The number of nitrogens with zero attached hydrogens (tertiary/aromatic N) is 4. The van der Waals surface area contributed by atoms with Gasteiger partial charge >= 0.3 is 0 Å². The average molecular weight is 485 g/mol. The highest BCUT2D eigenvalue weighted by Crippen LogP contribution is 2.33. The lowest BCUT2D eigenvalue weighted by Crippen LogP contribution is -2.50. The Kier molecular flexibility index (Phi) is 8.26. The summed E-state index contributed by atoms with van der Waals surface area (Å²) in [5.74, 6) is 2.76. The van der Waals surface area contributed by atoms with Crippen LogP contribution in [-0.2, 0) is 4.79 Å². The largest absolute Gasteiger partial charge is 0.497 e. The molecule has 1 aliphatic rings. The first-order valence-electron chi connectivity index (χ1n) is 11.0. The number of benzene rings is 2. The summed E-state index contributed by atoms with van der Waals surface area (Å²) in [7, 11) is 3.16. The van der Waals surface area contributed by atoms with Gasteiger partial charge in [-0.05, 0) is 24.3 Å². The number of piperazine rings is 1. The number of amides is 1. The third-order valence-electron chi connectivity index (χ3n) is 5.51. The minimum Gasteiger partial charge on any atom is -0.497 e. The Morgan fingerprint density at radius 2 is 1.79 bits per heavy atom. The maximum atomic E-state index is 12.7. The second-order valence-corrected chi connectivity index (χ2v) is 8.54. The molecule has 1 aliphatic heterocycles. The molecule has 9 nitrogen and oxygen atoms in total. The molecule has 180 valence electrons. The standard InChI is InChI=1S/C24H28N4O5S/c1-30-19-8-9-20(21(16-19)31-2)23-25-26-24(33-23)34-17-22(29)28-12-10-27(11-13-28)14-15-32-18-6-4-3-5-7-18/h3-9,16H,10-15,17H2,1-2H3. The van der Waals surface area contributed by atoms with E-state index in [0.29, 0.717) is 47.9 Å². The van der Waals surface area contributed by atoms with Crippen LogP contribution in [0.25, 0.3) is 11.5 Å². The highest BCUT2D eigenvalue weighted by molar-refractivity contribution is 7.99. The lowest BCUT2D eigenvalue weighted by molar-refractivity contribution is -0.130. The highest BCUT2D eigenvalue weighted by Gasteiger charge is 2.22. The van der Waals surface area contributed by atoms with E-state index in [9.17, 15) is 4.79 Å². The summed E-state index contributed by atoms with van der Waals surface area (Å²) in [5.41, 5.74) is 0.668. The molecule has 0 spiro atoms. The Balaban J connectivity index is 1.21. The second-order valence-electron chi connectivity index (χ2n) is 7.61. The fourth-order valence-corrected chi connectivity index (χ4v) is 4.26. The first kappa shape index (κ1) is 23.9. The van der Waals surface area contributed by atoms with E-state index in [0.717, 1.165) is 25.4 Å². The fraction of sp³-hybridized carbons (Fsp3) is 0.375. The van der Waals surface area contributed by atoms with Gasteiger partial charge in [-0.25, -0.2) is 0 Å². The second kappa shape index (κ2) is 11.8. The summed E-state index contributed by atoms with van der Waals surface area (Å²) in [6.45, 7) is 4.52. The molecule has 2 heterocycles. The van der Waals surface area contributed by atoms with Crippen molar-refractivity contribution in [2.24, 2.45) is 0 Å². The molecule has 0 N–H and O–H groups in total. The molecule has 1 saturated heterocycles. The average Bonchev–Trinajstić information content (AvgIpc) is 3.36. The Morgan fingerprint density at radius 1 is 1.00 bits per heavy atom. The van der Waals surface area contributed by atoms with Crippen LogP contribution in [0, 0.1) is 0 Å². The third kappa shape index (κ3) is 6.21. The summed E-state index contributed by atoms with van der Waals surface area (Å²) >= 11 is 1.24. The predicted molar refractivity (Wildman–Crippen MR) is 129 cm³/mol. The van der Waals surface area contributed by atoms with Gasteiger partial charge in [-0.3, -0.25) is 9.69 Å². The lowest BCUT2D eigenvalue weighted by atomic mass is 10.2. The number of rotatable bonds is 10. The highest BCUT2D eigenvalue weighted by atomic mass is 32.2. The molecule has 3 aromatic rings. The Morgan fingerprint density at radius 3 is 2.53 bits per heavy atom. The molecule has 0 bridgehead atoms. The quantitative estimate of drug-likeness (QED) is 0.403. The monoisotopic (exact) mass is 484 g/mol. The Hall–Kier alpha value is -3.24. The Bertz CT molecular complexity index is 1070. The zero-order chi connectivity index (χ0) is 23.8. The van der Waals surface area contributed by atoms with Gasteiger partial charge in [-0.1, -0.05) is 30.0 Å². The molecule has 34 heavy (non-hydrogen) atoms. The number of hydrogen-bond donors (Lipinski definition) is 0. The minimum atomic E-state index is 0.0620. The molecule has 0 atom stereocenters. The van der Waals surface area contributed by atoms with E-state index in [1.54, 1.807) is 32.4 Å². The van der Waals surface area contributed by atoms with Gasteiger partial charge in [0.15, 0.2) is 0 Å². The summed E-state index contributed by atoms with van der Waals surface area (Å²) in [6, 6.07) is 15.1. The number of para-hydroxylation sites is 1. The minimum absolute atomic E-state index is 0.0620. The van der Waals surface area contributed by atoms with Gasteiger partial charge in [0.25, 0.3) is 11.1 Å². The molecule has 4 rings (SSSR count). The van der Waals surface area contributed by atoms with E-state index in [1.165, 1.54) is 11.8 Å². The molecule has 0 saturated carbocycles. The number of thioether (sulfide) groups is 1. The van der Waals surface area contributed by atoms with Crippen LogP contribution >= 0.6 is 11.8 Å². The number of carbonyl (C=O) groups excluding carboxylic acids is 1. The maximum absolute atomic E-state index is 12.7. The first-order chi connectivity index (χ1) is 16.7. The topological polar surface area (TPSA) is 90.2 Å². The molecule has 2 aromatic carbocycles. The van der Waals surface area contributed by atoms with Gasteiger partial charge in [0, 0.05) is 38.8 Å². The van der Waals surface area contributed by atoms with Crippen LogP contribution in [0.2, 0.25) is 0 Å². The SMILES string of the molecule is COc1ccc(-c2nnc(SCC(=O)N3CCN(CCOc4ccccc4)CC3)o2)c(OC)c1. The predicted octanol–water partition coefficient (Wildman–Crippen LogP) is 3.07. The molecule has 1 amide bonds. The van der Waals surface area contributed by atoms with Crippen LogP contribution in [0.1, 0.15) is 0 Å². The van der Waals surface area contributed by atoms with Gasteiger partial charge in [-0.2, -0.15) is 0 Å². The molecule has 0 unspecified atom stereocenters. The van der Waals surface area contributed by atoms with Crippen molar-refractivity contribution < 1.29 is 23.4 Å². The van der Waals surface area contributed by atoms with E-state index < -0.39 is 0 Å². The van der Waals surface area contributed by atoms with Crippen LogP contribution < -0.4 is 14.2 Å². The van der Waals surface area contributed by atoms with Crippen LogP contribution in [0.15, 0.2) is 58.2 Å². The van der Waals surface area contributed by atoms with Crippen LogP contribution in [0.5, 0.6) is 17.2 Å². The van der Waals surface area contributed by atoms with Gasteiger partial charge < -0.3 is 23.5 Å². The van der Waals surface area contributed by atoms with Gasteiger partial charge in [-0.15, -0.1) is 10.2 Å². The van der Waals surface area contributed by atoms with E-state index in [1.807, 2.05) is 35.2 Å². The summed E-state index contributed by atoms with van der Waals surface area (Å²) < 4.78 is 22.1. The van der Waals surface area contributed by atoms with Crippen molar-refractivity contribution in [3.05, 3.63) is 48.5 Å². The molecular formula is C24H28N4O5S. The molecule has 1 aromatic heterocycles. The summed E-state index contributed by atoms with van der Waals surface area (Å²) in [5, 5.41) is 8.51. The van der Waals surface area contributed by atoms with E-state index in [-0.39, 0.29) is 11.7 Å². The van der Waals surface area contributed by atoms with Crippen LogP contribution in [-0.4, -0.2) is 85.2 Å². The fourth-order valence-electron chi connectivity index (χ4n) is 3.60. The smallest absolute Gasteiger partial charge is 0.277 e. The van der Waals surface area contributed by atoms with Crippen molar-refractivity contribution in [2.75, 3.05) is 59.3 Å². The van der Waals surface area contributed by atoms with E-state index in [4.69, 9.17) is 18.6 Å². The number of methoxy groups -OCH3 is 2. The number of aromatic nitrogens is 2. The Labute approximate surface area is 203 Å². The first-order valence-corrected chi connectivity index (χ1v) is 12.0. The van der Waals surface area contributed by atoms with Crippen LogP contribution in [0.3, 0.4) is 0 Å². The zero-order valence-electron chi connectivity index (χ0n) is 19.3. The van der Waals surface area contributed by atoms with E-state index in [2.05, 4.69) is 15.1 Å². The molecule has 10 heteroatoms. The lowest BCUT2D eigenvalue weighted by Gasteiger charge is -2.34. The number of ether oxygens (including phenoxy) is 3. The molecule has 0 aliphatic carbocycles. The molecule has 0 radical (unpaired) electrons. The van der Waals surface area contributed by atoms with Crippen molar-refractivity contribution >= 4 is 17.7 Å². The summed E-state index contributed by atoms with van der Waals surface area (Å²) in [4.78, 5) is 16.9. The molecular weight excluding hydrogens is 456 g/mol. The van der Waals surface area contributed by atoms with E-state index >= 15 is 0 Å². The van der Waals surface area contributed by atoms with Crippen LogP contribution in [0.4, 0.5) is 0 Å². The number of hydrogen-bond acceptors (Lipinski definition) is 9. The molecule has 1 fully saturated rings. The van der Waals surface area contributed by atoms with Gasteiger partial charge in [0.05, 0.1) is 25.5 Å². The maximum Gasteiger partial charge on any atom is 0.277 e. The van der Waals surface area contributed by atoms with Crippen molar-refractivity contribution in [1.82, 2.24) is 20.0 Å². The zero-order valence-corrected chi connectivity index (χ0v) is 20.1. The number of carbonyl (C=O) groups is 1. The van der Waals surface area contributed by atoms with Crippen molar-refractivity contribution in [1.29, 1.82) is 0 Å². The van der Waals surface area contributed by atoms with Crippen molar-refractivity contribution in [3.8, 4) is 28.7 Å². The van der Waals surface area contributed by atoms with Crippen molar-refractivity contribution in [3.63, 3.8) is 0 Å². The normalized spacial score (nSPS) is 14.1. The van der Waals surface area contributed by atoms with Crippen molar-refractivity contribution in [2.45, 2.75) is 5.22 Å².